The molecule has 12 heteroatoms. The van der Waals surface area contributed by atoms with E-state index in [0.717, 1.165) is 28.7 Å². The highest BCUT2D eigenvalue weighted by atomic mass is 32.2. The number of thiazole rings is 1. The molecule has 1 aliphatic heterocycles. The molecule has 1 saturated heterocycles. The van der Waals surface area contributed by atoms with E-state index < -0.39 is 33.5 Å². The van der Waals surface area contributed by atoms with Crippen molar-refractivity contribution in [2.24, 2.45) is 10.9 Å². The summed E-state index contributed by atoms with van der Waals surface area (Å²) in [5.74, 6) is -2.53. The molecule has 0 radical (unpaired) electrons. The Labute approximate surface area is 198 Å². The lowest BCUT2D eigenvalue weighted by Gasteiger charge is -2.29. The largest absolute Gasteiger partial charge is 0.380 e. The van der Waals surface area contributed by atoms with Gasteiger partial charge in [0.1, 0.15) is 10.0 Å². The van der Waals surface area contributed by atoms with E-state index in [-0.39, 0.29) is 34.2 Å². The number of hydrogen-bond acceptors (Lipinski definition) is 6. The molecular weight excluding hydrogens is 492 g/mol. The number of piperidine rings is 1. The third kappa shape index (κ3) is 5.09. The molecule has 33 heavy (non-hydrogen) atoms. The van der Waals surface area contributed by atoms with Crippen LogP contribution in [-0.4, -0.2) is 49.5 Å². The molecule has 0 bridgehead atoms. The number of aromatic nitrogens is 1. The number of nitrogens with zero attached hydrogens (tertiary/aromatic N) is 3. The molecule has 1 aromatic carbocycles. The molecule has 1 fully saturated rings. The third-order valence-electron chi connectivity index (χ3n) is 5.39. The van der Waals surface area contributed by atoms with Gasteiger partial charge in [-0.05, 0) is 37.3 Å². The Balaban J connectivity index is 1.65. The fourth-order valence-electron chi connectivity index (χ4n) is 3.81. The second kappa shape index (κ2) is 10.1. The van der Waals surface area contributed by atoms with Crippen LogP contribution in [0.3, 0.4) is 0 Å². The summed E-state index contributed by atoms with van der Waals surface area (Å²) >= 11 is 2.15. The van der Waals surface area contributed by atoms with Crippen LogP contribution in [0.1, 0.15) is 19.8 Å². The topological polar surface area (TPSA) is 81.0 Å². The number of sulfonamides is 1. The number of hydrogen-bond donors (Lipinski definition) is 0. The maximum absolute atomic E-state index is 14.5. The minimum Gasteiger partial charge on any atom is -0.380 e. The van der Waals surface area contributed by atoms with Gasteiger partial charge in [0.05, 0.1) is 22.7 Å². The van der Waals surface area contributed by atoms with Crippen LogP contribution in [0.15, 0.2) is 38.8 Å². The van der Waals surface area contributed by atoms with Gasteiger partial charge in [-0.2, -0.15) is 9.30 Å². The van der Waals surface area contributed by atoms with E-state index in [9.17, 15) is 22.0 Å². The number of benzene rings is 1. The zero-order chi connectivity index (χ0) is 23.6. The van der Waals surface area contributed by atoms with Crippen molar-refractivity contribution in [1.29, 1.82) is 0 Å². The Bertz CT molecular complexity index is 1320. The number of carbonyl (C=O) groups is 1. The van der Waals surface area contributed by atoms with E-state index in [1.807, 2.05) is 6.92 Å². The minimum absolute atomic E-state index is 0.0371. The molecule has 3 aromatic rings. The lowest BCUT2D eigenvalue weighted by molar-refractivity contribution is -0.122. The van der Waals surface area contributed by atoms with Gasteiger partial charge in [0.15, 0.2) is 10.6 Å². The number of fused-ring (bicyclic) bond motifs is 1. The predicted molar refractivity (Wildman–Crippen MR) is 123 cm³/mol. The first-order valence-electron chi connectivity index (χ1n) is 10.5. The number of rotatable bonds is 7. The molecule has 178 valence electrons. The summed E-state index contributed by atoms with van der Waals surface area (Å²) < 4.78 is 62.8. The van der Waals surface area contributed by atoms with Crippen molar-refractivity contribution in [3.8, 4) is 0 Å². The Hall–Kier alpha value is -1.99. The second-order valence-corrected chi connectivity index (χ2v) is 11.7. The molecule has 0 saturated carbocycles. The first-order valence-corrected chi connectivity index (χ1v) is 13.6. The molecule has 3 heterocycles. The second-order valence-electron chi connectivity index (χ2n) is 7.55. The van der Waals surface area contributed by atoms with Crippen molar-refractivity contribution in [3.05, 3.63) is 46.1 Å². The predicted octanol–water partition coefficient (Wildman–Crippen LogP) is 3.61. The van der Waals surface area contributed by atoms with Crippen molar-refractivity contribution < 1.29 is 26.7 Å². The molecule has 0 N–H and O–H groups in total. The van der Waals surface area contributed by atoms with Crippen molar-refractivity contribution in [2.75, 3.05) is 26.3 Å². The number of thiophene rings is 1. The summed E-state index contributed by atoms with van der Waals surface area (Å²) in [7, 11) is -3.66. The summed E-state index contributed by atoms with van der Waals surface area (Å²) in [5.41, 5.74) is 0.165. The lowest BCUT2D eigenvalue weighted by atomic mass is 9.99. The average molecular weight is 516 g/mol. The average Bonchev–Trinajstić information content (AvgIpc) is 3.43. The first-order chi connectivity index (χ1) is 15.8. The van der Waals surface area contributed by atoms with Crippen LogP contribution in [0.25, 0.3) is 10.2 Å². The molecule has 1 unspecified atom stereocenters. The minimum atomic E-state index is -3.66. The maximum Gasteiger partial charge on any atom is 0.252 e. The number of ether oxygens (including phenoxy) is 1. The van der Waals surface area contributed by atoms with Gasteiger partial charge in [-0.3, -0.25) is 4.79 Å². The fourth-order valence-corrected chi connectivity index (χ4v) is 7.58. The van der Waals surface area contributed by atoms with Crippen LogP contribution in [0.4, 0.5) is 8.78 Å². The van der Waals surface area contributed by atoms with Gasteiger partial charge in [0.2, 0.25) is 0 Å². The summed E-state index contributed by atoms with van der Waals surface area (Å²) in [6.07, 6.45) is 1.04. The zero-order valence-electron chi connectivity index (χ0n) is 17.9. The van der Waals surface area contributed by atoms with Crippen LogP contribution < -0.4 is 4.80 Å². The van der Waals surface area contributed by atoms with Crippen molar-refractivity contribution in [1.82, 2.24) is 8.87 Å². The number of halogens is 2. The van der Waals surface area contributed by atoms with Gasteiger partial charge in [-0.1, -0.05) is 17.4 Å². The molecule has 7 nitrogen and oxygen atoms in total. The summed E-state index contributed by atoms with van der Waals surface area (Å²) in [6, 6.07) is 5.22. The van der Waals surface area contributed by atoms with E-state index in [1.54, 1.807) is 17.5 Å². The molecule has 4 rings (SSSR count). The molecule has 0 aliphatic carbocycles. The first kappa shape index (κ1) is 24.1. The van der Waals surface area contributed by atoms with Crippen LogP contribution in [0.2, 0.25) is 0 Å². The SMILES string of the molecule is CCOCCn1c(=NC(=O)C2CCCN(S(=O)(=O)c3cccs3)C2)sc2cc(F)cc(F)c21. The monoisotopic (exact) mass is 515 g/mol. The van der Waals surface area contributed by atoms with Gasteiger partial charge >= 0.3 is 0 Å². The molecule has 0 spiro atoms. The van der Waals surface area contributed by atoms with E-state index >= 15 is 0 Å². The lowest BCUT2D eigenvalue weighted by Crippen LogP contribution is -2.42. The Morgan fingerprint density at radius 2 is 2.15 bits per heavy atom. The fraction of sp³-hybridized carbons (Fsp3) is 0.429. The van der Waals surface area contributed by atoms with Crippen molar-refractivity contribution in [2.45, 2.75) is 30.5 Å². The van der Waals surface area contributed by atoms with Gasteiger partial charge in [-0.25, -0.2) is 17.2 Å². The van der Waals surface area contributed by atoms with E-state index in [1.165, 1.54) is 14.9 Å². The molecule has 1 amide bonds. The van der Waals surface area contributed by atoms with Crippen molar-refractivity contribution >= 4 is 48.8 Å². The van der Waals surface area contributed by atoms with Crippen molar-refractivity contribution in [3.63, 3.8) is 0 Å². The summed E-state index contributed by atoms with van der Waals surface area (Å²) in [6.45, 7) is 3.20. The normalized spacial score (nSPS) is 18.3. The maximum atomic E-state index is 14.5. The van der Waals surface area contributed by atoms with Crippen LogP contribution in [0.5, 0.6) is 0 Å². The van der Waals surface area contributed by atoms with Gasteiger partial charge in [-0.15, -0.1) is 11.3 Å². The Morgan fingerprint density at radius 1 is 1.33 bits per heavy atom. The molecular formula is C21H23F2N3O4S3. The standard InChI is InChI=1S/C21H23F2N3O4S3/c1-2-30-9-8-26-19-16(23)11-15(22)12-17(19)32-21(26)24-20(27)14-5-3-7-25(13-14)33(28,29)18-6-4-10-31-18/h4,6,10-12,14H,2-3,5,7-9,13H2,1H3. The number of carbonyl (C=O) groups excluding carboxylic acids is 1. The van der Waals surface area contributed by atoms with Gasteiger partial charge < -0.3 is 9.30 Å². The zero-order valence-corrected chi connectivity index (χ0v) is 20.3. The number of amides is 1. The van der Waals surface area contributed by atoms with E-state index in [4.69, 9.17) is 4.74 Å². The third-order valence-corrected chi connectivity index (χ3v) is 9.65. The van der Waals surface area contributed by atoms with Gasteiger partial charge in [0, 0.05) is 32.3 Å². The van der Waals surface area contributed by atoms with Crippen LogP contribution >= 0.6 is 22.7 Å². The quantitative estimate of drug-likeness (QED) is 0.451. The van der Waals surface area contributed by atoms with E-state index in [2.05, 4.69) is 4.99 Å². The molecule has 2 aromatic heterocycles. The molecule has 1 atom stereocenters. The molecule has 1 aliphatic rings. The van der Waals surface area contributed by atoms with Gasteiger partial charge in [0.25, 0.3) is 15.9 Å². The highest BCUT2D eigenvalue weighted by Crippen LogP contribution is 2.27. The smallest absolute Gasteiger partial charge is 0.252 e. The highest BCUT2D eigenvalue weighted by molar-refractivity contribution is 7.91. The van der Waals surface area contributed by atoms with E-state index in [0.29, 0.717) is 30.7 Å². The Morgan fingerprint density at radius 3 is 2.88 bits per heavy atom. The summed E-state index contributed by atoms with van der Waals surface area (Å²) in [4.78, 5) is 17.5. The summed E-state index contributed by atoms with van der Waals surface area (Å²) in [5, 5.41) is 1.69. The van der Waals surface area contributed by atoms with Crippen LogP contribution in [0, 0.1) is 17.6 Å². The highest BCUT2D eigenvalue weighted by Gasteiger charge is 2.34. The van der Waals surface area contributed by atoms with Crippen LogP contribution in [-0.2, 0) is 26.1 Å². The Kier molecular flexibility index (Phi) is 7.39.